The van der Waals surface area contributed by atoms with Gasteiger partial charge in [0.2, 0.25) is 0 Å². The molecule has 1 fully saturated rings. The zero-order valence-corrected chi connectivity index (χ0v) is 9.35. The van der Waals surface area contributed by atoms with Crippen LogP contribution in [0.15, 0.2) is 0 Å². The van der Waals surface area contributed by atoms with Crippen LogP contribution in [0, 0.1) is 12.8 Å². The molecular weight excluding hydrogens is 198 g/mol. The Hall–Kier alpha value is -0.900. The van der Waals surface area contributed by atoms with Gasteiger partial charge in [0, 0.05) is 10.8 Å². The monoisotopic (exact) mass is 211 g/mol. The molecule has 3 nitrogen and oxygen atoms in total. The molecule has 2 unspecified atom stereocenters. The van der Waals surface area contributed by atoms with E-state index in [-0.39, 0.29) is 5.97 Å². The van der Waals surface area contributed by atoms with Crippen LogP contribution in [0.4, 0.5) is 0 Å². The maximum Gasteiger partial charge on any atom is 0.357 e. The highest BCUT2D eigenvalue weighted by Crippen LogP contribution is 2.48. The third-order valence-electron chi connectivity index (χ3n) is 2.62. The topological polar surface area (TPSA) is 39.2 Å². The van der Waals surface area contributed by atoms with Crippen LogP contribution in [0.2, 0.25) is 0 Å². The molecule has 1 aromatic rings. The van der Waals surface area contributed by atoms with Crippen LogP contribution >= 0.6 is 11.3 Å². The van der Waals surface area contributed by atoms with Crippen LogP contribution in [0.3, 0.4) is 0 Å². The molecule has 0 aromatic carbocycles. The third kappa shape index (κ3) is 1.54. The summed E-state index contributed by atoms with van der Waals surface area (Å²) in [6.07, 6.45) is 1.20. The normalized spacial score (nSPS) is 24.8. The number of esters is 1. The second-order valence-electron chi connectivity index (χ2n) is 3.77. The maximum atomic E-state index is 11.3. The first-order valence-electron chi connectivity index (χ1n) is 4.69. The molecule has 1 aliphatic rings. The van der Waals surface area contributed by atoms with Crippen molar-refractivity contribution >= 4 is 17.3 Å². The molecule has 0 radical (unpaired) electrons. The summed E-state index contributed by atoms with van der Waals surface area (Å²) in [4.78, 5) is 16.6. The van der Waals surface area contributed by atoms with Crippen molar-refractivity contribution in [2.75, 3.05) is 7.11 Å². The van der Waals surface area contributed by atoms with Crippen LogP contribution in [-0.2, 0) is 4.74 Å². The Morgan fingerprint density at radius 3 is 2.79 bits per heavy atom. The van der Waals surface area contributed by atoms with E-state index in [1.165, 1.54) is 13.5 Å². The molecule has 0 saturated heterocycles. The number of carbonyl (C=O) groups excluding carboxylic acids is 1. The number of aryl methyl sites for hydroxylation is 1. The number of rotatable bonds is 2. The molecular formula is C10H13NO2S. The fourth-order valence-corrected chi connectivity index (χ4v) is 2.68. The number of methoxy groups -OCH3 is 1. The van der Waals surface area contributed by atoms with Gasteiger partial charge in [-0.2, -0.15) is 0 Å². The molecule has 1 aromatic heterocycles. The van der Waals surface area contributed by atoms with Gasteiger partial charge in [0.1, 0.15) is 0 Å². The molecule has 0 bridgehead atoms. The van der Waals surface area contributed by atoms with Crippen molar-refractivity contribution in [3.63, 3.8) is 0 Å². The van der Waals surface area contributed by atoms with E-state index in [1.54, 1.807) is 11.3 Å². The van der Waals surface area contributed by atoms with Crippen LogP contribution in [0.5, 0.6) is 0 Å². The summed E-state index contributed by atoms with van der Waals surface area (Å²) in [5.74, 6) is 0.987. The van der Waals surface area contributed by atoms with Gasteiger partial charge in [-0.3, -0.25) is 0 Å². The number of ether oxygens (including phenoxy) is 1. The van der Waals surface area contributed by atoms with Crippen molar-refractivity contribution in [2.24, 2.45) is 5.92 Å². The molecule has 2 rings (SSSR count). The number of thiazole rings is 1. The van der Waals surface area contributed by atoms with E-state index in [1.807, 2.05) is 6.92 Å². The number of aromatic nitrogens is 1. The Balaban J connectivity index is 2.25. The van der Waals surface area contributed by atoms with E-state index < -0.39 is 0 Å². The minimum Gasteiger partial charge on any atom is -0.464 e. The predicted molar refractivity (Wildman–Crippen MR) is 54.7 cm³/mol. The number of hydrogen-bond acceptors (Lipinski definition) is 4. The molecule has 2 atom stereocenters. The number of carbonyl (C=O) groups is 1. The molecule has 14 heavy (non-hydrogen) atoms. The van der Waals surface area contributed by atoms with Crippen molar-refractivity contribution in [3.05, 3.63) is 15.6 Å². The van der Waals surface area contributed by atoms with E-state index in [0.29, 0.717) is 11.6 Å². The standard InChI is InChI=1S/C10H13NO2S/c1-5-4-7(5)9-11-8(6(2)14-9)10(12)13-3/h5,7H,4H2,1-3H3. The molecule has 0 aliphatic heterocycles. The minimum atomic E-state index is -0.321. The third-order valence-corrected chi connectivity index (χ3v) is 3.72. The Bertz CT molecular complexity index is 372. The highest BCUT2D eigenvalue weighted by Gasteiger charge is 2.37. The van der Waals surface area contributed by atoms with E-state index >= 15 is 0 Å². The van der Waals surface area contributed by atoms with Gasteiger partial charge in [-0.15, -0.1) is 11.3 Å². The Morgan fingerprint density at radius 1 is 1.64 bits per heavy atom. The largest absolute Gasteiger partial charge is 0.464 e. The SMILES string of the molecule is COC(=O)c1nc(C2CC2C)sc1C. The van der Waals surface area contributed by atoms with Gasteiger partial charge in [-0.1, -0.05) is 6.92 Å². The average Bonchev–Trinajstić information content (AvgIpc) is 2.75. The van der Waals surface area contributed by atoms with Crippen molar-refractivity contribution < 1.29 is 9.53 Å². The van der Waals surface area contributed by atoms with Crippen LogP contribution in [0.1, 0.15) is 39.6 Å². The number of nitrogens with zero attached hydrogens (tertiary/aromatic N) is 1. The minimum absolute atomic E-state index is 0.321. The summed E-state index contributed by atoms with van der Waals surface area (Å²) in [6.45, 7) is 4.12. The molecule has 0 amide bonds. The van der Waals surface area contributed by atoms with Crippen LogP contribution in [0.25, 0.3) is 0 Å². The summed E-state index contributed by atoms with van der Waals surface area (Å²) in [6, 6.07) is 0. The summed E-state index contributed by atoms with van der Waals surface area (Å²) in [5, 5.41) is 1.09. The lowest BCUT2D eigenvalue weighted by Crippen LogP contribution is -2.03. The van der Waals surface area contributed by atoms with Gasteiger partial charge < -0.3 is 4.74 Å². The van der Waals surface area contributed by atoms with Crippen molar-refractivity contribution in [1.29, 1.82) is 0 Å². The molecule has 4 heteroatoms. The van der Waals surface area contributed by atoms with E-state index in [2.05, 4.69) is 16.6 Å². The zero-order valence-electron chi connectivity index (χ0n) is 8.53. The smallest absolute Gasteiger partial charge is 0.357 e. The van der Waals surface area contributed by atoms with Gasteiger partial charge in [0.15, 0.2) is 5.69 Å². The van der Waals surface area contributed by atoms with Crippen molar-refractivity contribution in [1.82, 2.24) is 4.98 Å². The van der Waals surface area contributed by atoms with Gasteiger partial charge in [-0.05, 0) is 19.3 Å². The van der Waals surface area contributed by atoms with Crippen molar-refractivity contribution in [3.8, 4) is 0 Å². The van der Waals surface area contributed by atoms with Gasteiger partial charge >= 0.3 is 5.97 Å². The maximum absolute atomic E-state index is 11.3. The van der Waals surface area contributed by atoms with Gasteiger partial charge in [-0.25, -0.2) is 9.78 Å². The summed E-state index contributed by atoms with van der Waals surface area (Å²) < 4.78 is 4.66. The molecule has 76 valence electrons. The van der Waals surface area contributed by atoms with Gasteiger partial charge in [0.25, 0.3) is 0 Å². The average molecular weight is 211 g/mol. The molecule has 1 aliphatic carbocycles. The fourth-order valence-electron chi connectivity index (χ4n) is 1.53. The highest BCUT2D eigenvalue weighted by atomic mass is 32.1. The fraction of sp³-hybridized carbons (Fsp3) is 0.600. The first-order valence-corrected chi connectivity index (χ1v) is 5.50. The van der Waals surface area contributed by atoms with E-state index in [9.17, 15) is 4.79 Å². The lowest BCUT2D eigenvalue weighted by molar-refractivity contribution is 0.0594. The summed E-state index contributed by atoms with van der Waals surface area (Å²) >= 11 is 1.62. The molecule has 0 spiro atoms. The van der Waals surface area contributed by atoms with E-state index in [4.69, 9.17) is 0 Å². The van der Waals surface area contributed by atoms with Crippen molar-refractivity contribution in [2.45, 2.75) is 26.2 Å². The quantitative estimate of drug-likeness (QED) is 0.705. The Labute approximate surface area is 87.1 Å². The van der Waals surface area contributed by atoms with Crippen LogP contribution in [-0.4, -0.2) is 18.1 Å². The second kappa shape index (κ2) is 3.35. The van der Waals surface area contributed by atoms with Gasteiger partial charge in [0.05, 0.1) is 12.1 Å². The Morgan fingerprint density at radius 2 is 2.29 bits per heavy atom. The lowest BCUT2D eigenvalue weighted by Gasteiger charge is -1.93. The Kier molecular flexibility index (Phi) is 2.31. The molecule has 1 saturated carbocycles. The zero-order chi connectivity index (χ0) is 10.3. The summed E-state index contributed by atoms with van der Waals surface area (Å²) in [7, 11) is 1.39. The lowest BCUT2D eigenvalue weighted by atomic mass is 10.3. The number of hydrogen-bond donors (Lipinski definition) is 0. The molecule has 0 N–H and O–H groups in total. The van der Waals surface area contributed by atoms with Crippen LogP contribution < -0.4 is 0 Å². The first-order chi connectivity index (χ1) is 6.63. The summed E-state index contributed by atoms with van der Waals surface area (Å²) in [5.41, 5.74) is 0.492. The first kappa shape index (κ1) is 9.65. The predicted octanol–water partition coefficient (Wildman–Crippen LogP) is 2.36. The highest BCUT2D eigenvalue weighted by molar-refractivity contribution is 7.12. The second-order valence-corrected chi connectivity index (χ2v) is 5.00. The molecule has 1 heterocycles. The van der Waals surface area contributed by atoms with E-state index in [0.717, 1.165) is 15.8 Å².